The van der Waals surface area contributed by atoms with Crippen molar-refractivity contribution < 1.29 is 14.3 Å². The second-order valence-electron chi connectivity index (χ2n) is 7.18. The number of ether oxygens (including phenoxy) is 1. The third kappa shape index (κ3) is 4.76. The van der Waals surface area contributed by atoms with Crippen LogP contribution >= 0.6 is 11.8 Å². The fraction of sp³-hybridized carbons (Fsp3) is 0.579. The van der Waals surface area contributed by atoms with Gasteiger partial charge in [-0.25, -0.2) is 4.79 Å². The molecule has 0 aliphatic carbocycles. The van der Waals surface area contributed by atoms with Gasteiger partial charge in [-0.3, -0.25) is 4.79 Å². The summed E-state index contributed by atoms with van der Waals surface area (Å²) in [6.07, 6.45) is 2.61. The molecule has 4 nitrogen and oxygen atoms in total. The number of rotatable bonds is 4. The van der Waals surface area contributed by atoms with Gasteiger partial charge in [0.1, 0.15) is 6.04 Å². The highest BCUT2D eigenvalue weighted by Crippen LogP contribution is 2.26. The van der Waals surface area contributed by atoms with E-state index >= 15 is 0 Å². The highest BCUT2D eigenvalue weighted by molar-refractivity contribution is 8.00. The van der Waals surface area contributed by atoms with Crippen LogP contribution in [0.5, 0.6) is 0 Å². The lowest BCUT2D eigenvalue weighted by Crippen LogP contribution is -2.49. The zero-order valence-electron chi connectivity index (χ0n) is 15.0. The molecule has 0 aromatic heterocycles. The summed E-state index contributed by atoms with van der Waals surface area (Å²) in [4.78, 5) is 27.1. The van der Waals surface area contributed by atoms with Crippen molar-refractivity contribution in [2.45, 2.75) is 56.4 Å². The van der Waals surface area contributed by atoms with Crippen molar-refractivity contribution in [2.24, 2.45) is 0 Å². The van der Waals surface area contributed by atoms with Gasteiger partial charge in [0.2, 0.25) is 5.91 Å². The van der Waals surface area contributed by atoms with Crippen LogP contribution in [0.25, 0.3) is 0 Å². The van der Waals surface area contributed by atoms with Gasteiger partial charge < -0.3 is 9.64 Å². The Morgan fingerprint density at radius 3 is 2.46 bits per heavy atom. The van der Waals surface area contributed by atoms with Crippen LogP contribution in [0.15, 0.2) is 29.2 Å². The largest absolute Gasteiger partial charge is 0.467 e. The highest BCUT2D eigenvalue weighted by Gasteiger charge is 2.32. The Balaban J connectivity index is 1.95. The first-order chi connectivity index (χ1) is 11.3. The number of carbonyl (C=O) groups is 2. The SMILES string of the molecule is COC(=O)C1CCCCN1C(=O)CSc1ccc(C(C)(C)C)cc1. The number of benzene rings is 1. The maximum Gasteiger partial charge on any atom is 0.328 e. The number of esters is 1. The number of carbonyl (C=O) groups excluding carboxylic acids is 2. The van der Waals surface area contributed by atoms with Crippen LogP contribution in [0, 0.1) is 0 Å². The van der Waals surface area contributed by atoms with Gasteiger partial charge >= 0.3 is 5.97 Å². The molecule has 0 spiro atoms. The average molecular weight is 349 g/mol. The summed E-state index contributed by atoms with van der Waals surface area (Å²) in [5, 5.41) is 0. The Labute approximate surface area is 148 Å². The minimum absolute atomic E-state index is 0.00926. The summed E-state index contributed by atoms with van der Waals surface area (Å²) in [6, 6.07) is 7.94. The molecule has 1 fully saturated rings. The third-order valence-electron chi connectivity index (χ3n) is 4.38. The molecule has 1 aliphatic rings. The number of thioether (sulfide) groups is 1. The van der Waals surface area contributed by atoms with Crippen LogP contribution < -0.4 is 0 Å². The van der Waals surface area contributed by atoms with Gasteiger partial charge in [0.25, 0.3) is 0 Å². The van der Waals surface area contributed by atoms with E-state index in [1.807, 2.05) is 0 Å². The predicted molar refractivity (Wildman–Crippen MR) is 97.2 cm³/mol. The Morgan fingerprint density at radius 1 is 1.21 bits per heavy atom. The van der Waals surface area contributed by atoms with Crippen LogP contribution in [-0.2, 0) is 19.7 Å². The number of hydrogen-bond acceptors (Lipinski definition) is 4. The Kier molecular flexibility index (Phi) is 6.33. The lowest BCUT2D eigenvalue weighted by atomic mass is 9.87. The van der Waals surface area contributed by atoms with E-state index < -0.39 is 6.04 Å². The van der Waals surface area contributed by atoms with Crippen LogP contribution in [-0.4, -0.2) is 42.2 Å². The molecule has 0 saturated carbocycles. The fourth-order valence-electron chi connectivity index (χ4n) is 2.89. The van der Waals surface area contributed by atoms with Gasteiger partial charge in [-0.05, 0) is 42.4 Å². The Hall–Kier alpha value is -1.49. The number of piperidine rings is 1. The number of nitrogens with zero attached hydrogens (tertiary/aromatic N) is 1. The van der Waals surface area contributed by atoms with E-state index in [4.69, 9.17) is 4.74 Å². The second-order valence-corrected chi connectivity index (χ2v) is 8.23. The minimum Gasteiger partial charge on any atom is -0.467 e. The minimum atomic E-state index is -0.417. The first-order valence-electron chi connectivity index (χ1n) is 8.43. The third-order valence-corrected chi connectivity index (χ3v) is 5.38. The molecule has 1 unspecified atom stereocenters. The lowest BCUT2D eigenvalue weighted by Gasteiger charge is -2.33. The normalized spacial score (nSPS) is 18.3. The van der Waals surface area contributed by atoms with Crippen molar-refractivity contribution >= 4 is 23.6 Å². The fourth-order valence-corrected chi connectivity index (χ4v) is 3.67. The van der Waals surface area contributed by atoms with Crippen LogP contribution in [0.3, 0.4) is 0 Å². The lowest BCUT2D eigenvalue weighted by molar-refractivity contribution is -0.153. The van der Waals surface area contributed by atoms with Crippen molar-refractivity contribution in [1.82, 2.24) is 4.90 Å². The van der Waals surface area contributed by atoms with E-state index in [2.05, 4.69) is 45.0 Å². The van der Waals surface area contributed by atoms with E-state index in [-0.39, 0.29) is 17.3 Å². The molecule has 1 aromatic rings. The monoisotopic (exact) mass is 349 g/mol. The maximum absolute atomic E-state index is 12.5. The number of amides is 1. The molecular formula is C19H27NO3S. The highest BCUT2D eigenvalue weighted by atomic mass is 32.2. The van der Waals surface area contributed by atoms with Crippen LogP contribution in [0.4, 0.5) is 0 Å². The molecule has 1 aromatic carbocycles. The molecular weight excluding hydrogens is 322 g/mol. The summed E-state index contributed by atoms with van der Waals surface area (Å²) in [6.45, 7) is 7.19. The van der Waals surface area contributed by atoms with Crippen molar-refractivity contribution in [1.29, 1.82) is 0 Å². The van der Waals surface area contributed by atoms with Gasteiger partial charge in [0, 0.05) is 11.4 Å². The van der Waals surface area contributed by atoms with E-state index in [1.54, 1.807) is 4.90 Å². The smallest absolute Gasteiger partial charge is 0.328 e. The first-order valence-corrected chi connectivity index (χ1v) is 9.42. The summed E-state index contributed by atoms with van der Waals surface area (Å²) < 4.78 is 4.84. The van der Waals surface area contributed by atoms with Crippen molar-refractivity contribution in [3.05, 3.63) is 29.8 Å². The van der Waals surface area contributed by atoms with E-state index in [0.29, 0.717) is 18.7 Å². The van der Waals surface area contributed by atoms with E-state index in [9.17, 15) is 9.59 Å². The van der Waals surface area contributed by atoms with Gasteiger partial charge in [-0.1, -0.05) is 32.9 Å². The predicted octanol–water partition coefficient (Wildman–Crippen LogP) is 3.63. The van der Waals surface area contributed by atoms with Crippen molar-refractivity contribution in [3.8, 4) is 0 Å². The molecule has 1 atom stereocenters. The summed E-state index contributed by atoms with van der Waals surface area (Å²) in [7, 11) is 1.38. The topological polar surface area (TPSA) is 46.6 Å². The summed E-state index contributed by atoms with van der Waals surface area (Å²) in [5.74, 6) is 0.0557. The van der Waals surface area contributed by atoms with Crippen molar-refractivity contribution in [3.63, 3.8) is 0 Å². The molecule has 1 heterocycles. The van der Waals surface area contributed by atoms with E-state index in [0.717, 1.165) is 17.7 Å². The van der Waals surface area contributed by atoms with Gasteiger partial charge in [0.15, 0.2) is 0 Å². The second kappa shape index (κ2) is 8.06. The average Bonchev–Trinajstić information content (AvgIpc) is 2.58. The Bertz CT molecular complexity index is 577. The number of likely N-dealkylation sites (tertiary alicyclic amines) is 1. The van der Waals surface area contributed by atoms with Gasteiger partial charge in [-0.2, -0.15) is 0 Å². The van der Waals surface area contributed by atoms with Gasteiger partial charge in [-0.15, -0.1) is 11.8 Å². The molecule has 0 radical (unpaired) electrons. The summed E-state index contributed by atoms with van der Waals surface area (Å²) >= 11 is 1.52. The molecule has 1 amide bonds. The van der Waals surface area contributed by atoms with Gasteiger partial charge in [0.05, 0.1) is 12.9 Å². The molecule has 0 bridgehead atoms. The molecule has 132 valence electrons. The zero-order valence-corrected chi connectivity index (χ0v) is 15.8. The number of hydrogen-bond donors (Lipinski definition) is 0. The van der Waals surface area contributed by atoms with Crippen LogP contribution in [0.2, 0.25) is 0 Å². The molecule has 5 heteroatoms. The number of methoxy groups -OCH3 is 1. The molecule has 24 heavy (non-hydrogen) atoms. The quantitative estimate of drug-likeness (QED) is 0.615. The summed E-state index contributed by atoms with van der Waals surface area (Å²) in [5.41, 5.74) is 1.40. The molecule has 1 aliphatic heterocycles. The molecule has 1 saturated heterocycles. The van der Waals surface area contributed by atoms with Crippen LogP contribution in [0.1, 0.15) is 45.6 Å². The van der Waals surface area contributed by atoms with Crippen molar-refractivity contribution in [2.75, 3.05) is 19.4 Å². The first kappa shape index (κ1) is 18.8. The zero-order chi connectivity index (χ0) is 17.7. The maximum atomic E-state index is 12.5. The standard InChI is InChI=1S/C19H27NO3S/c1-19(2,3)14-8-10-15(11-9-14)24-13-17(21)20-12-6-5-7-16(20)18(22)23-4/h8-11,16H,5-7,12-13H2,1-4H3. The molecule has 2 rings (SSSR count). The Morgan fingerprint density at radius 2 is 1.88 bits per heavy atom. The van der Waals surface area contributed by atoms with E-state index in [1.165, 1.54) is 24.4 Å². The molecule has 0 N–H and O–H groups in total.